The molecule has 0 bridgehead atoms. The molecule has 0 saturated heterocycles. The second-order valence-electron chi connectivity index (χ2n) is 21.5. The summed E-state index contributed by atoms with van der Waals surface area (Å²) in [6.45, 7) is 11.4. The van der Waals surface area contributed by atoms with E-state index in [4.69, 9.17) is 19.4 Å². The van der Waals surface area contributed by atoms with Gasteiger partial charge in [0.05, 0.1) is 0 Å². The third-order valence-electron chi connectivity index (χ3n) is 15.6. The fraction of sp³-hybridized carbons (Fsp3) is 0.441. The molecule has 0 saturated carbocycles. The molecule has 6 aromatic carbocycles. The van der Waals surface area contributed by atoms with Gasteiger partial charge in [-0.05, 0) is 86.8 Å². The van der Waals surface area contributed by atoms with E-state index in [0.29, 0.717) is 85.1 Å². The summed E-state index contributed by atoms with van der Waals surface area (Å²) >= 11 is 0. The molecule has 12 heteroatoms. The first-order valence-corrected chi connectivity index (χ1v) is 30.2. The van der Waals surface area contributed by atoms with Crippen LogP contribution in [-0.2, 0) is 32.2 Å². The number of para-hydroxylation sites is 2. The van der Waals surface area contributed by atoms with E-state index in [1.807, 2.05) is 60.7 Å². The number of carbonyl (C=O) groups is 4. The highest BCUT2D eigenvalue weighted by molar-refractivity contribution is 6.33. The number of aryl methyl sites for hydroxylation is 2. The number of nitrogens with zero attached hydrogens (tertiary/aromatic N) is 4. The number of unbranched alkanes of at least 4 members (excludes halogenated alkanes) is 12. The fourth-order valence-electron chi connectivity index (χ4n) is 11.1. The Morgan fingerprint density at radius 2 is 0.588 bits per heavy atom. The lowest BCUT2D eigenvalue weighted by molar-refractivity contribution is -0.316. The highest BCUT2D eigenvalue weighted by Gasteiger charge is 2.42. The van der Waals surface area contributed by atoms with Crippen molar-refractivity contribution in [2.24, 2.45) is 0 Å². The lowest BCUT2D eigenvalue weighted by atomic mass is 9.85. The molecule has 4 amide bonds. The summed E-state index contributed by atoms with van der Waals surface area (Å²) in [5.41, 5.74) is 6.91. The average molecular weight is 1090 g/mol. The molecule has 0 aliphatic carbocycles. The predicted molar refractivity (Wildman–Crippen MR) is 320 cm³/mol. The summed E-state index contributed by atoms with van der Waals surface area (Å²) in [5, 5.41) is 0.756. The van der Waals surface area contributed by atoms with Crippen LogP contribution in [-0.4, -0.2) is 72.9 Å². The highest BCUT2D eigenvalue weighted by Crippen LogP contribution is 2.41. The van der Waals surface area contributed by atoms with Crippen LogP contribution in [0.3, 0.4) is 0 Å². The van der Waals surface area contributed by atoms with Gasteiger partial charge in [-0.2, -0.15) is 19.4 Å². The van der Waals surface area contributed by atoms with Crippen LogP contribution in [0.1, 0.15) is 196 Å². The van der Waals surface area contributed by atoms with E-state index in [9.17, 15) is 19.2 Å². The Hall–Kier alpha value is -6.38. The summed E-state index contributed by atoms with van der Waals surface area (Å²) in [6, 6.07) is 43.4. The molecule has 0 atom stereocenters. The van der Waals surface area contributed by atoms with Gasteiger partial charge in [0, 0.05) is 104 Å². The van der Waals surface area contributed by atoms with Crippen molar-refractivity contribution in [3.63, 3.8) is 0 Å². The van der Waals surface area contributed by atoms with Gasteiger partial charge in [-0.3, -0.25) is 29.0 Å². The molecule has 80 heavy (non-hydrogen) atoms. The van der Waals surface area contributed by atoms with Crippen LogP contribution in [0.15, 0.2) is 133 Å². The van der Waals surface area contributed by atoms with Gasteiger partial charge >= 0.3 is 0 Å². The number of quaternary nitrogens is 2. The molecule has 6 aromatic rings. The summed E-state index contributed by atoms with van der Waals surface area (Å²) in [7, 11) is 0. The van der Waals surface area contributed by atoms with E-state index >= 15 is 0 Å². The van der Waals surface area contributed by atoms with E-state index < -0.39 is 23.6 Å². The van der Waals surface area contributed by atoms with Crippen LogP contribution in [0.5, 0.6) is 0 Å². The maximum absolute atomic E-state index is 14.3. The van der Waals surface area contributed by atoms with Gasteiger partial charge < -0.3 is 0 Å². The summed E-state index contributed by atoms with van der Waals surface area (Å²) in [5.74, 6) is -1.71. The minimum Gasteiger partial charge on any atom is -0.274 e. The second-order valence-corrected chi connectivity index (χ2v) is 21.5. The van der Waals surface area contributed by atoms with Gasteiger partial charge in [0.2, 0.25) is 22.7 Å². The molecule has 0 unspecified atom stereocenters. The minimum atomic E-state index is -0.427. The first-order chi connectivity index (χ1) is 39.2. The number of amides is 4. The maximum Gasteiger partial charge on any atom is 0.261 e. The smallest absolute Gasteiger partial charge is 0.261 e. The number of imide groups is 2. The lowest BCUT2D eigenvalue weighted by Gasteiger charge is -2.32. The Morgan fingerprint density at radius 1 is 0.312 bits per heavy atom. The predicted octanol–water partition coefficient (Wildman–Crippen LogP) is 16.6. The van der Waals surface area contributed by atoms with Crippen molar-refractivity contribution in [3.05, 3.63) is 167 Å². The Labute approximate surface area is 475 Å². The third kappa shape index (κ3) is 14.0. The van der Waals surface area contributed by atoms with E-state index in [0.717, 1.165) is 137 Å². The van der Waals surface area contributed by atoms with Gasteiger partial charge in [0.15, 0.2) is 0 Å². The largest absolute Gasteiger partial charge is 0.274 e. The minimum absolute atomic E-state index is 0.155. The van der Waals surface area contributed by atoms with E-state index in [1.54, 1.807) is 24.3 Å². The van der Waals surface area contributed by atoms with Gasteiger partial charge in [-0.25, -0.2) is 0 Å². The molecule has 424 valence electrons. The molecule has 12 nitrogen and oxygen atoms in total. The zero-order valence-electron chi connectivity index (χ0n) is 48.1. The van der Waals surface area contributed by atoms with Crippen LogP contribution in [0.25, 0.3) is 10.8 Å². The molecule has 0 fully saturated rings. The molecule has 0 spiro atoms. The Morgan fingerprint density at radius 3 is 0.863 bits per heavy atom. The zero-order valence-corrected chi connectivity index (χ0v) is 48.1. The second kappa shape index (κ2) is 29.9. The van der Waals surface area contributed by atoms with Crippen LogP contribution in [0, 0.1) is 0 Å². The molecule has 0 N–H and O–H groups in total. The molecule has 2 aliphatic heterocycles. The number of hydrogen-bond acceptors (Lipinski definition) is 8. The number of hydrogen-bond donors (Lipinski definition) is 0. The molecular weight excluding hydrogens is 1000 g/mol. The Bertz CT molecular complexity index is 2650. The van der Waals surface area contributed by atoms with Crippen molar-refractivity contribution < 1.29 is 38.5 Å². The molecule has 2 heterocycles. The molecule has 2 aliphatic rings. The molecule has 0 aromatic heterocycles. The fourth-order valence-corrected chi connectivity index (χ4v) is 11.1. The maximum atomic E-state index is 14.3. The van der Waals surface area contributed by atoms with Gasteiger partial charge in [0.1, 0.15) is 26.4 Å². The number of rotatable bonds is 36. The van der Waals surface area contributed by atoms with Crippen molar-refractivity contribution in [3.8, 4) is 0 Å². The highest BCUT2D eigenvalue weighted by atomic mass is 17.0. The Kier molecular flexibility index (Phi) is 22.3. The molecule has 8 rings (SSSR count). The van der Waals surface area contributed by atoms with Crippen LogP contribution >= 0.6 is 0 Å². The summed E-state index contributed by atoms with van der Waals surface area (Å²) in [6.07, 6.45) is 19.6. The Balaban J connectivity index is 0.917. The zero-order chi connectivity index (χ0) is 56.2. The van der Waals surface area contributed by atoms with Crippen molar-refractivity contribution >= 4 is 57.2 Å². The SMILES string of the molecule is CCCCCCO[N+](OCCCCCC)(c1ccccc1)c1ccc(CCCN2C(=O)c3ccc4c5c(ccc(c35)C2=O)C(=O)N(CCCc2ccc([N+](OCCCCCC)(OCCCCCC)c3ccccc3)cc2)C4=O)cc1. The van der Waals surface area contributed by atoms with E-state index in [2.05, 4.69) is 76.2 Å². The topological polar surface area (TPSA) is 112 Å². The first kappa shape index (κ1) is 59.7. The molecule has 0 radical (unpaired) electrons. The first-order valence-electron chi connectivity index (χ1n) is 30.2. The quantitative estimate of drug-likeness (QED) is 0.0166. The van der Waals surface area contributed by atoms with Crippen molar-refractivity contribution in [2.45, 2.75) is 156 Å². The van der Waals surface area contributed by atoms with Gasteiger partial charge in [-0.15, -0.1) is 0 Å². The normalized spacial score (nSPS) is 13.6. The van der Waals surface area contributed by atoms with Crippen LogP contribution in [0.2, 0.25) is 0 Å². The number of carbonyl (C=O) groups excluding carboxylic acids is 4. The van der Waals surface area contributed by atoms with E-state index in [1.165, 1.54) is 9.80 Å². The average Bonchev–Trinajstić information content (AvgIpc) is 3.69. The van der Waals surface area contributed by atoms with E-state index in [-0.39, 0.29) is 22.7 Å². The standard InChI is InChI=1S/C68H86N4O8/c1-5-9-13-23-49-77-71(55-31-19-17-20-32-55,78-50-24-14-10-6-2)57-39-35-53(36-40-57)29-27-47-69-65(73)59-43-45-61-64-62(46-44-60(63(59)64)66(69)74)68(76)70(67(61)75)48-28-30-54-37-41-58(42-38-54)72(56-33-21-18-22-34-56,79-51-25-15-11-7-3)80-52-26-16-12-8-4/h17-22,31-46H,5-16,23-30,47-52H2,1-4H3/q+2. The monoisotopic (exact) mass is 1090 g/mol. The lowest BCUT2D eigenvalue weighted by Crippen LogP contribution is -2.44. The van der Waals surface area contributed by atoms with Crippen molar-refractivity contribution in [1.29, 1.82) is 0 Å². The number of benzene rings is 6. The summed E-state index contributed by atoms with van der Waals surface area (Å²) < 4.78 is 0. The summed E-state index contributed by atoms with van der Waals surface area (Å²) in [4.78, 5) is 86.3. The van der Waals surface area contributed by atoms with Crippen LogP contribution < -0.4 is 9.62 Å². The van der Waals surface area contributed by atoms with Crippen molar-refractivity contribution in [2.75, 3.05) is 39.5 Å². The van der Waals surface area contributed by atoms with Crippen molar-refractivity contribution in [1.82, 2.24) is 19.4 Å². The van der Waals surface area contributed by atoms with Gasteiger partial charge in [-0.1, -0.05) is 165 Å². The molecular formula is C68H86N4O8+2. The van der Waals surface area contributed by atoms with Crippen LogP contribution in [0.4, 0.5) is 22.7 Å². The third-order valence-corrected chi connectivity index (χ3v) is 15.6. The van der Waals surface area contributed by atoms with Gasteiger partial charge in [0.25, 0.3) is 23.6 Å².